The summed E-state index contributed by atoms with van der Waals surface area (Å²) in [5, 5.41) is -0.125. The third-order valence-corrected chi connectivity index (χ3v) is 2.35. The zero-order valence-electron chi connectivity index (χ0n) is 6.83. The number of halogens is 5. The molecule has 1 aromatic rings. The average molecular weight is 244 g/mol. The summed E-state index contributed by atoms with van der Waals surface area (Å²) >= 11 is 11.2. The van der Waals surface area contributed by atoms with Crippen molar-refractivity contribution >= 4 is 23.2 Å². The fourth-order valence-electron chi connectivity index (χ4n) is 0.962. The minimum Gasteiger partial charge on any atom is -0.326 e. The smallest absolute Gasteiger partial charge is 0.326 e. The van der Waals surface area contributed by atoms with Crippen LogP contribution in [0.3, 0.4) is 0 Å². The standard InChI is InChI=1S/C8H6Cl2F3N/c9-6-1-4(8(11,12)13)2-7(10)5(6)3-14/h1-2H,3,14H2. The van der Waals surface area contributed by atoms with Crippen molar-refractivity contribution in [3.63, 3.8) is 0 Å². The van der Waals surface area contributed by atoms with Gasteiger partial charge in [-0.15, -0.1) is 0 Å². The van der Waals surface area contributed by atoms with E-state index in [1.54, 1.807) is 0 Å². The van der Waals surface area contributed by atoms with Crippen LogP contribution in [0.25, 0.3) is 0 Å². The number of hydrogen-bond donors (Lipinski definition) is 1. The summed E-state index contributed by atoms with van der Waals surface area (Å²) in [5.41, 5.74) is 4.71. The predicted octanol–water partition coefficient (Wildman–Crippen LogP) is 3.47. The molecule has 1 aromatic carbocycles. The lowest BCUT2D eigenvalue weighted by molar-refractivity contribution is -0.137. The Hall–Kier alpha value is -0.450. The highest BCUT2D eigenvalue weighted by Gasteiger charge is 2.31. The van der Waals surface area contributed by atoms with Crippen LogP contribution >= 0.6 is 23.2 Å². The van der Waals surface area contributed by atoms with Crippen molar-refractivity contribution in [2.75, 3.05) is 0 Å². The summed E-state index contributed by atoms with van der Waals surface area (Å²) in [6.45, 7) is 0.00973. The summed E-state index contributed by atoms with van der Waals surface area (Å²) in [6.07, 6.45) is -4.44. The Labute approximate surface area is 88.6 Å². The molecule has 0 saturated carbocycles. The number of nitrogens with two attached hydrogens (primary N) is 1. The minimum absolute atomic E-state index is 0.00973. The van der Waals surface area contributed by atoms with Gasteiger partial charge in [0.15, 0.2) is 0 Å². The van der Waals surface area contributed by atoms with Crippen molar-refractivity contribution in [3.8, 4) is 0 Å². The van der Waals surface area contributed by atoms with Gasteiger partial charge in [0.1, 0.15) is 0 Å². The Morgan fingerprint density at radius 1 is 1.14 bits per heavy atom. The van der Waals surface area contributed by atoms with Crippen molar-refractivity contribution < 1.29 is 13.2 Å². The molecule has 14 heavy (non-hydrogen) atoms. The number of benzene rings is 1. The lowest BCUT2D eigenvalue weighted by Crippen LogP contribution is -2.07. The van der Waals surface area contributed by atoms with E-state index < -0.39 is 11.7 Å². The largest absolute Gasteiger partial charge is 0.416 e. The van der Waals surface area contributed by atoms with Crippen LogP contribution in [0.2, 0.25) is 10.0 Å². The first kappa shape index (κ1) is 11.6. The molecule has 0 unspecified atom stereocenters. The molecule has 0 aliphatic rings. The molecule has 1 rings (SSSR count). The molecule has 78 valence electrons. The first-order chi connectivity index (χ1) is 6.36. The van der Waals surface area contributed by atoms with E-state index >= 15 is 0 Å². The molecule has 2 N–H and O–H groups in total. The molecule has 0 aliphatic heterocycles. The van der Waals surface area contributed by atoms with Gasteiger partial charge in [-0.1, -0.05) is 23.2 Å². The van der Waals surface area contributed by atoms with E-state index in [2.05, 4.69) is 0 Å². The molecule has 0 amide bonds. The quantitative estimate of drug-likeness (QED) is 0.804. The summed E-state index contributed by atoms with van der Waals surface area (Å²) in [7, 11) is 0. The summed E-state index contributed by atoms with van der Waals surface area (Å²) in [6, 6.07) is 1.63. The van der Waals surface area contributed by atoms with E-state index in [-0.39, 0.29) is 16.6 Å². The molecule has 0 bridgehead atoms. The van der Waals surface area contributed by atoms with Gasteiger partial charge in [0, 0.05) is 22.2 Å². The zero-order chi connectivity index (χ0) is 10.9. The van der Waals surface area contributed by atoms with Crippen LogP contribution in [0.1, 0.15) is 11.1 Å². The van der Waals surface area contributed by atoms with Gasteiger partial charge in [-0.3, -0.25) is 0 Å². The maximum absolute atomic E-state index is 12.2. The van der Waals surface area contributed by atoms with Crippen LogP contribution < -0.4 is 5.73 Å². The molecule has 0 radical (unpaired) electrons. The maximum Gasteiger partial charge on any atom is 0.416 e. The zero-order valence-corrected chi connectivity index (χ0v) is 8.34. The monoisotopic (exact) mass is 243 g/mol. The molecule has 0 heterocycles. The van der Waals surface area contributed by atoms with Gasteiger partial charge in [-0.2, -0.15) is 13.2 Å². The molecule has 0 saturated heterocycles. The Balaban J connectivity index is 3.28. The lowest BCUT2D eigenvalue weighted by Gasteiger charge is -2.10. The van der Waals surface area contributed by atoms with Crippen LogP contribution in [-0.4, -0.2) is 0 Å². The third-order valence-electron chi connectivity index (χ3n) is 1.67. The van der Waals surface area contributed by atoms with Crippen molar-refractivity contribution in [2.24, 2.45) is 5.73 Å². The minimum atomic E-state index is -4.44. The van der Waals surface area contributed by atoms with Crippen LogP contribution in [0.4, 0.5) is 13.2 Å². The Morgan fingerprint density at radius 3 is 1.86 bits per heavy atom. The van der Waals surface area contributed by atoms with Gasteiger partial charge in [0.2, 0.25) is 0 Å². The SMILES string of the molecule is NCc1c(Cl)cc(C(F)(F)F)cc1Cl. The summed E-state index contributed by atoms with van der Waals surface area (Å²) < 4.78 is 36.7. The van der Waals surface area contributed by atoms with E-state index in [4.69, 9.17) is 28.9 Å². The van der Waals surface area contributed by atoms with Gasteiger partial charge in [-0.25, -0.2) is 0 Å². The van der Waals surface area contributed by atoms with Crippen molar-refractivity contribution in [1.29, 1.82) is 0 Å². The molecule has 6 heteroatoms. The molecular formula is C8H6Cl2F3N. The molecule has 0 aromatic heterocycles. The van der Waals surface area contributed by atoms with Crippen molar-refractivity contribution in [3.05, 3.63) is 33.3 Å². The number of hydrogen-bond acceptors (Lipinski definition) is 1. The van der Waals surface area contributed by atoms with E-state index in [0.717, 1.165) is 12.1 Å². The highest BCUT2D eigenvalue weighted by Crippen LogP contribution is 2.35. The van der Waals surface area contributed by atoms with Gasteiger partial charge >= 0.3 is 6.18 Å². The predicted molar refractivity (Wildman–Crippen MR) is 49.4 cm³/mol. The van der Waals surface area contributed by atoms with Gasteiger partial charge in [0.05, 0.1) is 5.56 Å². The normalized spacial score (nSPS) is 11.9. The van der Waals surface area contributed by atoms with E-state index in [9.17, 15) is 13.2 Å². The molecule has 0 spiro atoms. The maximum atomic E-state index is 12.2. The molecule has 0 fully saturated rings. The average Bonchev–Trinajstić information content (AvgIpc) is 2.01. The second-order valence-corrected chi connectivity index (χ2v) is 3.43. The Kier molecular flexibility index (Phi) is 3.29. The second-order valence-electron chi connectivity index (χ2n) is 2.62. The van der Waals surface area contributed by atoms with Crippen LogP contribution in [0.5, 0.6) is 0 Å². The van der Waals surface area contributed by atoms with Gasteiger partial charge < -0.3 is 5.73 Å². The van der Waals surface area contributed by atoms with Crippen molar-refractivity contribution in [2.45, 2.75) is 12.7 Å². The fourth-order valence-corrected chi connectivity index (χ4v) is 1.60. The number of rotatable bonds is 1. The van der Waals surface area contributed by atoms with Crippen LogP contribution in [0.15, 0.2) is 12.1 Å². The Bertz CT molecular complexity index is 326. The molecule has 0 atom stereocenters. The fraction of sp³-hybridized carbons (Fsp3) is 0.250. The van der Waals surface area contributed by atoms with E-state index in [1.165, 1.54) is 0 Å². The first-order valence-electron chi connectivity index (χ1n) is 3.61. The van der Waals surface area contributed by atoms with Crippen LogP contribution in [-0.2, 0) is 12.7 Å². The Morgan fingerprint density at radius 2 is 1.57 bits per heavy atom. The van der Waals surface area contributed by atoms with E-state index in [0.29, 0.717) is 5.56 Å². The lowest BCUT2D eigenvalue weighted by atomic mass is 10.1. The summed E-state index contributed by atoms with van der Waals surface area (Å²) in [5.74, 6) is 0. The van der Waals surface area contributed by atoms with Gasteiger partial charge in [-0.05, 0) is 12.1 Å². The summed E-state index contributed by atoms with van der Waals surface area (Å²) in [4.78, 5) is 0. The molecule has 0 aliphatic carbocycles. The van der Waals surface area contributed by atoms with Gasteiger partial charge in [0.25, 0.3) is 0 Å². The molecular weight excluding hydrogens is 238 g/mol. The van der Waals surface area contributed by atoms with Crippen LogP contribution in [0, 0.1) is 0 Å². The second kappa shape index (κ2) is 3.96. The highest BCUT2D eigenvalue weighted by molar-refractivity contribution is 6.36. The topological polar surface area (TPSA) is 26.0 Å². The van der Waals surface area contributed by atoms with E-state index in [1.807, 2.05) is 0 Å². The number of alkyl halides is 3. The van der Waals surface area contributed by atoms with Crippen molar-refractivity contribution in [1.82, 2.24) is 0 Å². The molecule has 1 nitrogen and oxygen atoms in total. The first-order valence-corrected chi connectivity index (χ1v) is 4.37. The third kappa shape index (κ3) is 2.32. The highest BCUT2D eigenvalue weighted by atomic mass is 35.5.